The third-order valence-corrected chi connectivity index (χ3v) is 5.00. The van der Waals surface area contributed by atoms with E-state index in [-0.39, 0.29) is 18.2 Å². The predicted octanol–water partition coefficient (Wildman–Crippen LogP) is 1.93. The Morgan fingerprint density at radius 2 is 1.70 bits per heavy atom. The molecule has 2 aromatic carbocycles. The van der Waals surface area contributed by atoms with Gasteiger partial charge in [-0.2, -0.15) is 0 Å². The molecule has 160 valence electrons. The average Bonchev–Trinajstić information content (AvgIpc) is 3.03. The summed E-state index contributed by atoms with van der Waals surface area (Å²) in [5.41, 5.74) is 1.68. The summed E-state index contributed by atoms with van der Waals surface area (Å²) >= 11 is 0. The van der Waals surface area contributed by atoms with Gasteiger partial charge in [0.15, 0.2) is 17.5 Å². The quantitative estimate of drug-likeness (QED) is 0.602. The average molecular weight is 413 g/mol. The zero-order valence-corrected chi connectivity index (χ0v) is 17.7. The van der Waals surface area contributed by atoms with Gasteiger partial charge in [0.25, 0.3) is 5.91 Å². The number of imide groups is 1. The van der Waals surface area contributed by atoms with Gasteiger partial charge in [-0.05, 0) is 55.8 Å². The predicted molar refractivity (Wildman–Crippen MR) is 113 cm³/mol. The first kappa shape index (κ1) is 21.6. The van der Waals surface area contributed by atoms with Crippen LogP contribution >= 0.6 is 0 Å². The summed E-state index contributed by atoms with van der Waals surface area (Å²) in [5.74, 6) is 1.80. The summed E-state index contributed by atoms with van der Waals surface area (Å²) in [6.45, 7) is 5.71. The molecule has 0 bridgehead atoms. The molecule has 2 amide bonds. The zero-order valence-electron chi connectivity index (χ0n) is 17.7. The molecule has 1 atom stereocenters. The molecule has 2 aromatic rings. The molecule has 1 aliphatic rings. The Morgan fingerprint density at radius 1 is 1.00 bits per heavy atom. The minimum absolute atomic E-state index is 0.174. The summed E-state index contributed by atoms with van der Waals surface area (Å²) in [6.07, 6.45) is 0.964. The topological polar surface area (TPSA) is 81.7 Å². The van der Waals surface area contributed by atoms with Crippen molar-refractivity contribution in [1.82, 2.24) is 0 Å². The van der Waals surface area contributed by atoms with Crippen molar-refractivity contribution in [3.8, 4) is 17.2 Å². The molecule has 2 N–H and O–H groups in total. The first-order valence-corrected chi connectivity index (χ1v) is 10.3. The van der Waals surface area contributed by atoms with Crippen molar-refractivity contribution in [3.63, 3.8) is 0 Å². The van der Waals surface area contributed by atoms with Crippen LogP contribution in [-0.2, 0) is 16.0 Å². The van der Waals surface area contributed by atoms with Crippen LogP contribution in [-0.4, -0.2) is 44.7 Å². The molecular formula is C23H29N2O5+. The fraction of sp³-hybridized carbons (Fsp3) is 0.391. The Bertz CT molecular complexity index is 882. The van der Waals surface area contributed by atoms with Crippen molar-refractivity contribution >= 4 is 17.5 Å². The number of amides is 2. The van der Waals surface area contributed by atoms with E-state index in [0.717, 1.165) is 23.5 Å². The smallest absolute Gasteiger partial charge is 0.292 e. The van der Waals surface area contributed by atoms with E-state index >= 15 is 0 Å². The maximum Gasteiger partial charge on any atom is 0.292 e. The second kappa shape index (κ2) is 10.1. The maximum absolute atomic E-state index is 12.8. The van der Waals surface area contributed by atoms with Gasteiger partial charge in [-0.3, -0.25) is 9.59 Å². The molecule has 7 nitrogen and oxygen atoms in total. The van der Waals surface area contributed by atoms with Crippen molar-refractivity contribution in [2.45, 2.75) is 32.7 Å². The highest BCUT2D eigenvalue weighted by Gasteiger charge is 2.42. The molecule has 0 radical (unpaired) electrons. The minimum atomic E-state index is -0.395. The Kier molecular flexibility index (Phi) is 7.30. The molecule has 0 aliphatic carbocycles. The number of carbonyl (C=O) groups is 2. The van der Waals surface area contributed by atoms with Gasteiger partial charge in [0.05, 0.1) is 39.0 Å². The van der Waals surface area contributed by atoms with E-state index in [0.29, 0.717) is 31.2 Å². The van der Waals surface area contributed by atoms with Gasteiger partial charge in [-0.1, -0.05) is 6.07 Å². The molecule has 0 saturated carbocycles. The molecule has 1 aliphatic heterocycles. The van der Waals surface area contributed by atoms with Crippen molar-refractivity contribution in [3.05, 3.63) is 48.0 Å². The molecule has 7 heteroatoms. The van der Waals surface area contributed by atoms with Crippen molar-refractivity contribution in [1.29, 1.82) is 0 Å². The van der Waals surface area contributed by atoms with E-state index in [4.69, 9.17) is 14.2 Å². The standard InChI is InChI=1S/C23H28N2O5/c1-4-29-20-11-6-16(14-21(20)30-5-2)12-13-24-19-15-22(26)25(23(19)27)17-7-9-18(28-3)10-8-17/h6-11,14,19,24H,4-5,12-13,15H2,1-3H3/p+1/t19-/m1/s1. The molecule has 1 heterocycles. The lowest BCUT2D eigenvalue weighted by Crippen LogP contribution is -2.92. The Morgan fingerprint density at radius 3 is 2.37 bits per heavy atom. The van der Waals surface area contributed by atoms with Gasteiger partial charge in [-0.25, -0.2) is 4.90 Å². The van der Waals surface area contributed by atoms with Gasteiger partial charge in [0.1, 0.15) is 5.75 Å². The van der Waals surface area contributed by atoms with Crippen molar-refractivity contribution < 1.29 is 29.1 Å². The van der Waals surface area contributed by atoms with E-state index in [9.17, 15) is 9.59 Å². The summed E-state index contributed by atoms with van der Waals surface area (Å²) in [5, 5.41) is 1.95. The first-order chi connectivity index (χ1) is 14.6. The number of ether oxygens (including phenoxy) is 3. The SMILES string of the molecule is CCOc1ccc(CC[NH2+][C@@H]2CC(=O)N(c3ccc(OC)cc3)C2=O)cc1OCC. The molecule has 0 spiro atoms. The van der Waals surface area contributed by atoms with Gasteiger partial charge < -0.3 is 19.5 Å². The molecule has 0 aromatic heterocycles. The lowest BCUT2D eigenvalue weighted by atomic mass is 10.1. The van der Waals surface area contributed by atoms with Gasteiger partial charge in [0, 0.05) is 6.42 Å². The lowest BCUT2D eigenvalue weighted by molar-refractivity contribution is -0.674. The second-order valence-corrected chi connectivity index (χ2v) is 7.00. The number of nitrogens with zero attached hydrogens (tertiary/aromatic N) is 1. The fourth-order valence-electron chi connectivity index (χ4n) is 3.54. The van der Waals surface area contributed by atoms with Crippen LogP contribution in [0.2, 0.25) is 0 Å². The Labute approximate surface area is 176 Å². The van der Waals surface area contributed by atoms with Crippen LogP contribution in [0.3, 0.4) is 0 Å². The number of methoxy groups -OCH3 is 1. The highest BCUT2D eigenvalue weighted by atomic mass is 16.5. The number of anilines is 1. The normalized spacial score (nSPS) is 16.1. The number of carbonyl (C=O) groups excluding carboxylic acids is 2. The van der Waals surface area contributed by atoms with Crippen LogP contribution in [0.15, 0.2) is 42.5 Å². The van der Waals surface area contributed by atoms with Crippen LogP contribution in [0, 0.1) is 0 Å². The largest absolute Gasteiger partial charge is 0.497 e. The van der Waals surface area contributed by atoms with Crippen LogP contribution in [0.4, 0.5) is 5.69 Å². The molecule has 30 heavy (non-hydrogen) atoms. The van der Waals surface area contributed by atoms with E-state index in [1.807, 2.05) is 37.4 Å². The summed E-state index contributed by atoms with van der Waals surface area (Å²) in [4.78, 5) is 26.5. The van der Waals surface area contributed by atoms with Crippen LogP contribution in [0.5, 0.6) is 17.2 Å². The van der Waals surface area contributed by atoms with Crippen LogP contribution < -0.4 is 24.4 Å². The summed E-state index contributed by atoms with van der Waals surface area (Å²) < 4.78 is 16.4. The third kappa shape index (κ3) is 4.91. The monoisotopic (exact) mass is 413 g/mol. The van der Waals surface area contributed by atoms with Crippen LogP contribution in [0.1, 0.15) is 25.8 Å². The van der Waals surface area contributed by atoms with E-state index in [1.165, 1.54) is 4.90 Å². The second-order valence-electron chi connectivity index (χ2n) is 7.00. The summed E-state index contributed by atoms with van der Waals surface area (Å²) in [7, 11) is 1.58. The van der Waals surface area contributed by atoms with Gasteiger partial charge in [-0.15, -0.1) is 0 Å². The first-order valence-electron chi connectivity index (χ1n) is 10.3. The van der Waals surface area contributed by atoms with E-state index in [2.05, 4.69) is 0 Å². The maximum atomic E-state index is 12.8. The molecule has 1 saturated heterocycles. The van der Waals surface area contributed by atoms with Crippen molar-refractivity contribution in [2.24, 2.45) is 0 Å². The summed E-state index contributed by atoms with van der Waals surface area (Å²) in [6, 6.07) is 12.5. The van der Waals surface area contributed by atoms with E-state index in [1.54, 1.807) is 31.4 Å². The number of nitrogens with two attached hydrogens (primary N) is 1. The number of benzene rings is 2. The minimum Gasteiger partial charge on any atom is -0.497 e. The zero-order chi connectivity index (χ0) is 21.5. The third-order valence-electron chi connectivity index (χ3n) is 5.00. The molecule has 0 unspecified atom stereocenters. The number of hydrogen-bond acceptors (Lipinski definition) is 5. The Hall–Kier alpha value is -3.06. The Balaban J connectivity index is 1.59. The van der Waals surface area contributed by atoms with Gasteiger partial charge in [0.2, 0.25) is 5.91 Å². The van der Waals surface area contributed by atoms with Crippen molar-refractivity contribution in [2.75, 3.05) is 31.8 Å². The number of rotatable bonds is 10. The number of hydrogen-bond donors (Lipinski definition) is 1. The highest BCUT2D eigenvalue weighted by Crippen LogP contribution is 2.28. The number of quaternary nitrogens is 1. The van der Waals surface area contributed by atoms with E-state index < -0.39 is 6.04 Å². The molecular weight excluding hydrogens is 384 g/mol. The van der Waals surface area contributed by atoms with Gasteiger partial charge >= 0.3 is 0 Å². The fourth-order valence-corrected chi connectivity index (χ4v) is 3.54. The van der Waals surface area contributed by atoms with Crippen LogP contribution in [0.25, 0.3) is 0 Å². The lowest BCUT2D eigenvalue weighted by Gasteiger charge is -2.15. The highest BCUT2D eigenvalue weighted by molar-refractivity contribution is 6.21. The molecule has 1 fully saturated rings. The molecule has 3 rings (SSSR count).